The third kappa shape index (κ3) is 8.04. The minimum absolute atomic E-state index is 0.115. The number of piperazine rings is 1. The Bertz CT molecular complexity index is 1020. The van der Waals surface area contributed by atoms with Gasteiger partial charge < -0.3 is 20.3 Å². The molecule has 0 unspecified atom stereocenters. The van der Waals surface area contributed by atoms with Gasteiger partial charge in [0.1, 0.15) is 17.2 Å². The number of benzene rings is 1. The Balaban J connectivity index is 1.60. The van der Waals surface area contributed by atoms with E-state index in [1.54, 1.807) is 17.2 Å². The van der Waals surface area contributed by atoms with Gasteiger partial charge in [0.15, 0.2) is 0 Å². The molecule has 2 N–H and O–H groups in total. The van der Waals surface area contributed by atoms with E-state index in [1.807, 2.05) is 34.6 Å². The summed E-state index contributed by atoms with van der Waals surface area (Å²) < 4.78 is 19.0. The van der Waals surface area contributed by atoms with Crippen molar-refractivity contribution in [2.24, 2.45) is 0 Å². The Labute approximate surface area is 211 Å². The van der Waals surface area contributed by atoms with Gasteiger partial charge >= 0.3 is 12.1 Å². The number of nitrogens with zero attached hydrogens (tertiary/aromatic N) is 5. The maximum atomic E-state index is 13.5. The molecule has 3 rings (SSSR count). The lowest BCUT2D eigenvalue weighted by Crippen LogP contribution is -2.51. The standard InChI is InChI=1S/C25H36FN7O3/c1-18(2)29-22-27-11-10-21(30-22)33(20-8-6-19(26)7-9-20)23(34)28-12-13-31-14-16-32(17-15-31)24(35)36-25(3,4)5/h6-11,18H,12-17H2,1-5H3,(H,28,34)(H,27,29,30). The molecule has 0 aliphatic carbocycles. The van der Waals surface area contributed by atoms with Crippen LogP contribution in [0.2, 0.25) is 0 Å². The number of hydrogen-bond donors (Lipinski definition) is 2. The number of rotatable bonds is 7. The number of ether oxygens (including phenoxy) is 1. The number of anilines is 3. The van der Waals surface area contributed by atoms with Crippen LogP contribution in [-0.2, 0) is 4.74 Å². The van der Waals surface area contributed by atoms with Crippen molar-refractivity contribution in [2.75, 3.05) is 49.5 Å². The second-order valence-corrected chi connectivity index (χ2v) is 9.89. The Morgan fingerprint density at radius 1 is 1.11 bits per heavy atom. The number of amides is 3. The lowest BCUT2D eigenvalue weighted by atomic mass is 10.2. The van der Waals surface area contributed by atoms with E-state index in [0.717, 1.165) is 0 Å². The van der Waals surface area contributed by atoms with Crippen LogP contribution in [0.1, 0.15) is 34.6 Å². The Kier molecular flexibility index (Phi) is 9.03. The van der Waals surface area contributed by atoms with Crippen LogP contribution >= 0.6 is 0 Å². The predicted octanol–water partition coefficient (Wildman–Crippen LogP) is 3.84. The number of halogens is 1. The number of carbonyl (C=O) groups is 2. The lowest BCUT2D eigenvalue weighted by molar-refractivity contribution is 0.0147. The fraction of sp³-hybridized carbons (Fsp3) is 0.520. The molecule has 196 valence electrons. The van der Waals surface area contributed by atoms with Gasteiger partial charge in [-0.2, -0.15) is 4.98 Å². The number of carbonyl (C=O) groups excluding carboxylic acids is 2. The monoisotopic (exact) mass is 501 g/mol. The van der Waals surface area contributed by atoms with Crippen LogP contribution < -0.4 is 15.5 Å². The topological polar surface area (TPSA) is 103 Å². The summed E-state index contributed by atoms with van der Waals surface area (Å²) in [5.41, 5.74) is -0.0430. The molecule has 0 atom stereocenters. The molecular weight excluding hydrogens is 465 g/mol. The van der Waals surface area contributed by atoms with Crippen molar-refractivity contribution >= 4 is 29.6 Å². The van der Waals surface area contributed by atoms with Crippen LogP contribution in [0.5, 0.6) is 0 Å². The smallest absolute Gasteiger partial charge is 0.410 e. The van der Waals surface area contributed by atoms with Crippen molar-refractivity contribution in [2.45, 2.75) is 46.3 Å². The van der Waals surface area contributed by atoms with Crippen LogP contribution in [0.3, 0.4) is 0 Å². The molecule has 1 aliphatic heterocycles. The fourth-order valence-corrected chi connectivity index (χ4v) is 3.63. The van der Waals surface area contributed by atoms with E-state index in [1.165, 1.54) is 29.2 Å². The van der Waals surface area contributed by atoms with Gasteiger partial charge in [0.2, 0.25) is 5.95 Å². The van der Waals surface area contributed by atoms with Crippen LogP contribution in [0.4, 0.5) is 31.4 Å². The molecule has 0 spiro atoms. The second kappa shape index (κ2) is 12.0. The van der Waals surface area contributed by atoms with Crippen molar-refractivity contribution in [3.8, 4) is 0 Å². The molecule has 2 heterocycles. The molecule has 1 saturated heterocycles. The number of hydrogen-bond acceptors (Lipinski definition) is 7. The first-order valence-corrected chi connectivity index (χ1v) is 12.2. The summed E-state index contributed by atoms with van der Waals surface area (Å²) in [4.78, 5) is 39.4. The minimum Gasteiger partial charge on any atom is -0.444 e. The van der Waals surface area contributed by atoms with Gasteiger partial charge in [0, 0.05) is 57.6 Å². The van der Waals surface area contributed by atoms with Gasteiger partial charge in [-0.3, -0.25) is 4.90 Å². The van der Waals surface area contributed by atoms with Gasteiger partial charge in [-0.05, 0) is 58.9 Å². The Morgan fingerprint density at radius 2 is 1.78 bits per heavy atom. The molecule has 0 bridgehead atoms. The van der Waals surface area contributed by atoms with E-state index in [2.05, 4.69) is 25.5 Å². The molecule has 0 radical (unpaired) electrons. The normalized spacial score (nSPS) is 14.5. The first-order valence-electron chi connectivity index (χ1n) is 12.2. The molecule has 36 heavy (non-hydrogen) atoms. The van der Waals surface area contributed by atoms with Gasteiger partial charge in [0.25, 0.3) is 0 Å². The molecule has 0 saturated carbocycles. The summed E-state index contributed by atoms with van der Waals surface area (Å²) in [5.74, 6) is 0.364. The third-order valence-electron chi connectivity index (χ3n) is 5.30. The molecule has 3 amide bonds. The summed E-state index contributed by atoms with van der Waals surface area (Å²) >= 11 is 0. The average molecular weight is 502 g/mol. The van der Waals surface area contributed by atoms with E-state index in [4.69, 9.17) is 4.74 Å². The van der Waals surface area contributed by atoms with E-state index in [0.29, 0.717) is 56.7 Å². The van der Waals surface area contributed by atoms with Crippen LogP contribution in [0.25, 0.3) is 0 Å². The Morgan fingerprint density at radius 3 is 2.39 bits per heavy atom. The fourth-order valence-electron chi connectivity index (χ4n) is 3.63. The van der Waals surface area contributed by atoms with Gasteiger partial charge in [-0.1, -0.05) is 0 Å². The Hall–Kier alpha value is -3.47. The number of aromatic nitrogens is 2. The molecule has 1 aromatic heterocycles. The van der Waals surface area contributed by atoms with Crippen LogP contribution in [0, 0.1) is 5.82 Å². The van der Waals surface area contributed by atoms with E-state index in [-0.39, 0.29) is 18.2 Å². The summed E-state index contributed by atoms with van der Waals surface area (Å²) in [5, 5.41) is 6.06. The number of nitrogens with one attached hydrogen (secondary N) is 2. The molecular formula is C25H36FN7O3. The van der Waals surface area contributed by atoms with Crippen molar-refractivity contribution in [3.05, 3.63) is 42.3 Å². The maximum Gasteiger partial charge on any atom is 0.410 e. The molecule has 1 fully saturated rings. The SMILES string of the molecule is CC(C)Nc1nccc(N(C(=O)NCCN2CCN(C(=O)OC(C)(C)C)CC2)c2ccc(F)cc2)n1. The molecule has 1 aromatic carbocycles. The van der Waals surface area contributed by atoms with Gasteiger partial charge in [0.05, 0.1) is 5.69 Å². The first kappa shape index (κ1) is 27.1. The zero-order valence-corrected chi connectivity index (χ0v) is 21.6. The summed E-state index contributed by atoms with van der Waals surface area (Å²) in [7, 11) is 0. The van der Waals surface area contributed by atoms with E-state index >= 15 is 0 Å². The predicted molar refractivity (Wildman–Crippen MR) is 137 cm³/mol. The molecule has 1 aliphatic rings. The highest BCUT2D eigenvalue weighted by Gasteiger charge is 2.26. The van der Waals surface area contributed by atoms with Crippen molar-refractivity contribution < 1.29 is 18.7 Å². The minimum atomic E-state index is -0.524. The second-order valence-electron chi connectivity index (χ2n) is 9.89. The highest BCUT2D eigenvalue weighted by Crippen LogP contribution is 2.24. The lowest BCUT2D eigenvalue weighted by Gasteiger charge is -2.35. The van der Waals surface area contributed by atoms with E-state index in [9.17, 15) is 14.0 Å². The molecule has 11 heteroatoms. The highest BCUT2D eigenvalue weighted by molar-refractivity contribution is 5.98. The zero-order valence-electron chi connectivity index (χ0n) is 21.6. The van der Waals surface area contributed by atoms with E-state index < -0.39 is 11.4 Å². The summed E-state index contributed by atoms with van der Waals surface area (Å²) in [6, 6.07) is 7.02. The van der Waals surface area contributed by atoms with Gasteiger partial charge in [-0.25, -0.2) is 23.9 Å². The number of urea groups is 1. The highest BCUT2D eigenvalue weighted by atomic mass is 19.1. The zero-order chi connectivity index (χ0) is 26.3. The van der Waals surface area contributed by atoms with Crippen LogP contribution in [-0.4, -0.2) is 82.8 Å². The van der Waals surface area contributed by atoms with Crippen molar-refractivity contribution in [1.82, 2.24) is 25.1 Å². The van der Waals surface area contributed by atoms with Crippen molar-refractivity contribution in [1.29, 1.82) is 0 Å². The van der Waals surface area contributed by atoms with Gasteiger partial charge in [-0.15, -0.1) is 0 Å². The maximum absolute atomic E-state index is 13.5. The first-order chi connectivity index (χ1) is 17.0. The molecule has 10 nitrogen and oxygen atoms in total. The van der Waals surface area contributed by atoms with Crippen LogP contribution in [0.15, 0.2) is 36.5 Å². The average Bonchev–Trinajstić information content (AvgIpc) is 2.80. The van der Waals surface area contributed by atoms with Crippen molar-refractivity contribution in [3.63, 3.8) is 0 Å². The summed E-state index contributed by atoms with van der Waals surface area (Å²) in [6.07, 6.45) is 1.27. The third-order valence-corrected chi connectivity index (χ3v) is 5.30. The summed E-state index contributed by atoms with van der Waals surface area (Å²) in [6.45, 7) is 13.0. The molecule has 2 aromatic rings. The quantitative estimate of drug-likeness (QED) is 0.594. The largest absolute Gasteiger partial charge is 0.444 e.